The molecule has 1 unspecified atom stereocenters. The minimum atomic E-state index is -0.421. The number of aliphatic hydroxyl groups is 1. The maximum atomic E-state index is 10.6. The van der Waals surface area contributed by atoms with E-state index in [4.69, 9.17) is 5.11 Å². The Morgan fingerprint density at radius 3 is 2.87 bits per heavy atom. The van der Waals surface area contributed by atoms with E-state index >= 15 is 0 Å². The molecule has 0 saturated heterocycles. The molecule has 15 heavy (non-hydrogen) atoms. The van der Waals surface area contributed by atoms with Gasteiger partial charge in [-0.1, -0.05) is 12.1 Å². The molecule has 5 nitrogen and oxygen atoms in total. The van der Waals surface area contributed by atoms with Gasteiger partial charge in [-0.05, 0) is 19.0 Å². The zero-order valence-electron chi connectivity index (χ0n) is 8.51. The molecule has 0 bridgehead atoms. The van der Waals surface area contributed by atoms with Crippen LogP contribution < -0.4 is 5.32 Å². The lowest BCUT2D eigenvalue weighted by Crippen LogP contribution is -2.17. The molecule has 0 amide bonds. The van der Waals surface area contributed by atoms with Crippen LogP contribution >= 0.6 is 0 Å². The molecular weight excluding hydrogens is 196 g/mol. The number of nitro benzene ring substituents is 1. The highest BCUT2D eigenvalue weighted by Crippen LogP contribution is 2.20. The van der Waals surface area contributed by atoms with Gasteiger partial charge in [0.05, 0.1) is 4.92 Å². The fourth-order valence-corrected chi connectivity index (χ4v) is 1.46. The van der Waals surface area contributed by atoms with Gasteiger partial charge in [0.15, 0.2) is 0 Å². The van der Waals surface area contributed by atoms with Crippen molar-refractivity contribution in [1.82, 2.24) is 5.32 Å². The summed E-state index contributed by atoms with van der Waals surface area (Å²) in [4.78, 5) is 10.1. The van der Waals surface area contributed by atoms with Crippen molar-refractivity contribution in [1.29, 1.82) is 0 Å². The number of benzene rings is 1. The molecule has 1 aromatic rings. The maximum Gasteiger partial charge on any atom is 0.269 e. The van der Waals surface area contributed by atoms with Gasteiger partial charge >= 0.3 is 0 Å². The fourth-order valence-electron chi connectivity index (χ4n) is 1.46. The van der Waals surface area contributed by atoms with E-state index in [0.717, 1.165) is 5.56 Å². The summed E-state index contributed by atoms with van der Waals surface area (Å²) < 4.78 is 0. The number of non-ortho nitro benzene ring substituents is 1. The summed E-state index contributed by atoms with van der Waals surface area (Å²) >= 11 is 0. The molecule has 82 valence electrons. The molecule has 1 aromatic carbocycles. The molecule has 2 N–H and O–H groups in total. The van der Waals surface area contributed by atoms with Gasteiger partial charge in [0.2, 0.25) is 0 Å². The third-order valence-corrected chi connectivity index (χ3v) is 2.25. The lowest BCUT2D eigenvalue weighted by atomic mass is 10.0. The molecule has 0 aliphatic carbocycles. The third kappa shape index (κ3) is 3.00. The van der Waals surface area contributed by atoms with E-state index in [9.17, 15) is 10.1 Å². The van der Waals surface area contributed by atoms with Gasteiger partial charge in [0.1, 0.15) is 0 Å². The molecular formula is C10H14N2O3. The molecule has 5 heteroatoms. The Hall–Kier alpha value is -1.46. The smallest absolute Gasteiger partial charge is 0.269 e. The molecule has 1 rings (SSSR count). The van der Waals surface area contributed by atoms with Gasteiger partial charge in [-0.15, -0.1) is 0 Å². The standard InChI is InChI=1S/C10H14N2O3/c1-11-10(5-6-13)8-3-2-4-9(7-8)12(14)15/h2-4,7,10-11,13H,5-6H2,1H3. The molecule has 0 aliphatic heterocycles. The van der Waals surface area contributed by atoms with E-state index < -0.39 is 4.92 Å². The van der Waals surface area contributed by atoms with Crippen molar-refractivity contribution in [3.8, 4) is 0 Å². The van der Waals surface area contributed by atoms with Crippen molar-refractivity contribution in [2.45, 2.75) is 12.5 Å². The number of nitrogens with zero attached hydrogens (tertiary/aromatic N) is 1. The van der Waals surface area contributed by atoms with Gasteiger partial charge in [0.25, 0.3) is 5.69 Å². The number of hydrogen-bond donors (Lipinski definition) is 2. The Labute approximate surface area is 87.9 Å². The Kier molecular flexibility index (Phi) is 4.20. The van der Waals surface area contributed by atoms with Gasteiger partial charge in [-0.25, -0.2) is 0 Å². The van der Waals surface area contributed by atoms with Gasteiger partial charge < -0.3 is 10.4 Å². The van der Waals surface area contributed by atoms with Crippen LogP contribution in [0, 0.1) is 10.1 Å². The van der Waals surface area contributed by atoms with E-state index in [-0.39, 0.29) is 18.3 Å². The Morgan fingerprint density at radius 1 is 1.60 bits per heavy atom. The quantitative estimate of drug-likeness (QED) is 0.566. The predicted molar refractivity (Wildman–Crippen MR) is 56.6 cm³/mol. The highest BCUT2D eigenvalue weighted by Gasteiger charge is 2.12. The van der Waals surface area contributed by atoms with Crippen LogP contribution in [-0.4, -0.2) is 23.7 Å². The SMILES string of the molecule is CNC(CCO)c1cccc([N+](=O)[O-])c1. The first-order valence-corrected chi connectivity index (χ1v) is 4.71. The summed E-state index contributed by atoms with van der Waals surface area (Å²) in [5, 5.41) is 22.4. The average molecular weight is 210 g/mol. The number of rotatable bonds is 5. The summed E-state index contributed by atoms with van der Waals surface area (Å²) in [6.45, 7) is 0.0498. The first-order valence-electron chi connectivity index (χ1n) is 4.71. The second kappa shape index (κ2) is 5.43. The lowest BCUT2D eigenvalue weighted by Gasteiger charge is -2.14. The van der Waals surface area contributed by atoms with Crippen LogP contribution in [0.3, 0.4) is 0 Å². The van der Waals surface area contributed by atoms with Crippen LogP contribution in [-0.2, 0) is 0 Å². The van der Waals surface area contributed by atoms with Crippen LogP contribution in [0.25, 0.3) is 0 Å². The summed E-state index contributed by atoms with van der Waals surface area (Å²) in [6.07, 6.45) is 0.539. The third-order valence-electron chi connectivity index (χ3n) is 2.25. The first-order chi connectivity index (χ1) is 7.19. The Bertz CT molecular complexity index is 341. The van der Waals surface area contributed by atoms with E-state index in [1.165, 1.54) is 12.1 Å². The molecule has 0 fully saturated rings. The second-order valence-electron chi connectivity index (χ2n) is 3.21. The van der Waals surface area contributed by atoms with E-state index in [1.54, 1.807) is 13.1 Å². The predicted octanol–water partition coefficient (Wildman–Crippen LogP) is 1.24. The summed E-state index contributed by atoms with van der Waals surface area (Å²) in [5.74, 6) is 0. The minimum Gasteiger partial charge on any atom is -0.396 e. The van der Waals surface area contributed by atoms with Crippen molar-refractivity contribution in [2.75, 3.05) is 13.7 Å². The number of hydrogen-bond acceptors (Lipinski definition) is 4. The molecule has 1 atom stereocenters. The van der Waals surface area contributed by atoms with Gasteiger partial charge in [-0.3, -0.25) is 10.1 Å². The molecule has 0 spiro atoms. The van der Waals surface area contributed by atoms with Crippen molar-refractivity contribution < 1.29 is 10.0 Å². The summed E-state index contributed by atoms with van der Waals surface area (Å²) in [6, 6.07) is 6.39. The normalized spacial score (nSPS) is 12.4. The topological polar surface area (TPSA) is 75.4 Å². The van der Waals surface area contributed by atoms with Gasteiger partial charge in [-0.2, -0.15) is 0 Å². The van der Waals surface area contributed by atoms with E-state index in [0.29, 0.717) is 6.42 Å². The average Bonchev–Trinajstić information content (AvgIpc) is 2.26. The highest BCUT2D eigenvalue weighted by atomic mass is 16.6. The van der Waals surface area contributed by atoms with Crippen LogP contribution in [0.4, 0.5) is 5.69 Å². The first kappa shape index (κ1) is 11.6. The van der Waals surface area contributed by atoms with E-state index in [2.05, 4.69) is 5.32 Å². The van der Waals surface area contributed by atoms with E-state index in [1.807, 2.05) is 6.07 Å². The van der Waals surface area contributed by atoms with Crippen molar-refractivity contribution >= 4 is 5.69 Å². The summed E-state index contributed by atoms with van der Waals surface area (Å²) in [7, 11) is 1.76. The number of nitro groups is 1. The maximum absolute atomic E-state index is 10.6. The second-order valence-corrected chi connectivity index (χ2v) is 3.21. The molecule has 0 radical (unpaired) electrons. The molecule has 0 aromatic heterocycles. The Balaban J connectivity index is 2.92. The van der Waals surface area contributed by atoms with Crippen LogP contribution in [0.1, 0.15) is 18.0 Å². The number of aliphatic hydroxyl groups excluding tert-OH is 1. The highest BCUT2D eigenvalue weighted by molar-refractivity contribution is 5.35. The fraction of sp³-hybridized carbons (Fsp3) is 0.400. The monoisotopic (exact) mass is 210 g/mol. The van der Waals surface area contributed by atoms with Crippen LogP contribution in [0.5, 0.6) is 0 Å². The van der Waals surface area contributed by atoms with Crippen LogP contribution in [0.15, 0.2) is 24.3 Å². The molecule has 0 heterocycles. The molecule has 0 aliphatic rings. The van der Waals surface area contributed by atoms with Crippen molar-refractivity contribution in [3.63, 3.8) is 0 Å². The molecule has 0 saturated carbocycles. The van der Waals surface area contributed by atoms with Crippen molar-refractivity contribution in [3.05, 3.63) is 39.9 Å². The Morgan fingerprint density at radius 2 is 2.33 bits per heavy atom. The lowest BCUT2D eigenvalue weighted by molar-refractivity contribution is -0.384. The van der Waals surface area contributed by atoms with Crippen LogP contribution in [0.2, 0.25) is 0 Å². The minimum absolute atomic E-state index is 0.0464. The number of nitrogens with one attached hydrogen (secondary N) is 1. The van der Waals surface area contributed by atoms with Crippen molar-refractivity contribution in [2.24, 2.45) is 0 Å². The zero-order chi connectivity index (χ0) is 11.3. The summed E-state index contributed by atoms with van der Waals surface area (Å²) in [5.41, 5.74) is 0.895. The zero-order valence-corrected chi connectivity index (χ0v) is 8.51. The van der Waals surface area contributed by atoms with Gasteiger partial charge in [0, 0.05) is 24.8 Å². The largest absolute Gasteiger partial charge is 0.396 e.